The SMILES string of the molecule is CC(C)CC[C@H](O)C(N)C(=O)NCCN1CCOCC1. The molecule has 0 saturated carbocycles. The summed E-state index contributed by atoms with van der Waals surface area (Å²) in [5, 5.41) is 12.7. The molecule has 1 saturated heterocycles. The number of amides is 1. The van der Waals surface area contributed by atoms with Crippen LogP contribution < -0.4 is 11.1 Å². The van der Waals surface area contributed by atoms with E-state index in [1.807, 2.05) is 0 Å². The second-order valence-corrected chi connectivity index (χ2v) is 5.81. The number of nitrogens with one attached hydrogen (secondary N) is 1. The third-order valence-corrected chi connectivity index (χ3v) is 3.59. The van der Waals surface area contributed by atoms with E-state index < -0.39 is 12.1 Å². The van der Waals surface area contributed by atoms with E-state index in [4.69, 9.17) is 10.5 Å². The Labute approximate surface area is 121 Å². The van der Waals surface area contributed by atoms with E-state index in [0.717, 1.165) is 39.3 Å². The molecule has 0 aromatic carbocycles. The largest absolute Gasteiger partial charge is 0.391 e. The number of ether oxygens (including phenoxy) is 1. The number of rotatable bonds is 8. The van der Waals surface area contributed by atoms with Gasteiger partial charge in [0.25, 0.3) is 0 Å². The van der Waals surface area contributed by atoms with Gasteiger partial charge in [0, 0.05) is 26.2 Å². The Morgan fingerprint density at radius 3 is 2.60 bits per heavy atom. The summed E-state index contributed by atoms with van der Waals surface area (Å²) in [6.07, 6.45) is 0.673. The first kappa shape index (κ1) is 17.4. The molecule has 1 aliphatic rings. The van der Waals surface area contributed by atoms with Gasteiger partial charge in [-0.05, 0) is 18.8 Å². The summed E-state index contributed by atoms with van der Waals surface area (Å²) in [6, 6.07) is -0.835. The Kier molecular flexibility index (Phi) is 8.06. The minimum absolute atomic E-state index is 0.269. The molecule has 20 heavy (non-hydrogen) atoms. The zero-order chi connectivity index (χ0) is 15.0. The van der Waals surface area contributed by atoms with Gasteiger partial charge in [-0.3, -0.25) is 9.69 Å². The van der Waals surface area contributed by atoms with E-state index in [0.29, 0.717) is 18.9 Å². The molecule has 6 nitrogen and oxygen atoms in total. The van der Waals surface area contributed by atoms with E-state index in [9.17, 15) is 9.90 Å². The van der Waals surface area contributed by atoms with Gasteiger partial charge in [-0.25, -0.2) is 0 Å². The topological polar surface area (TPSA) is 87.8 Å². The van der Waals surface area contributed by atoms with E-state index in [2.05, 4.69) is 24.1 Å². The molecule has 0 bridgehead atoms. The van der Waals surface area contributed by atoms with Crippen molar-refractivity contribution in [1.29, 1.82) is 0 Å². The van der Waals surface area contributed by atoms with E-state index in [-0.39, 0.29) is 5.91 Å². The second-order valence-electron chi connectivity index (χ2n) is 5.81. The Morgan fingerprint density at radius 2 is 2.00 bits per heavy atom. The van der Waals surface area contributed by atoms with Gasteiger partial charge in [-0.2, -0.15) is 0 Å². The zero-order valence-corrected chi connectivity index (χ0v) is 12.7. The Bertz CT molecular complexity index is 281. The van der Waals surface area contributed by atoms with Crippen LogP contribution in [0.2, 0.25) is 0 Å². The predicted molar refractivity (Wildman–Crippen MR) is 78.3 cm³/mol. The number of hydrogen-bond donors (Lipinski definition) is 3. The molecule has 1 amide bonds. The maximum Gasteiger partial charge on any atom is 0.239 e. The van der Waals surface area contributed by atoms with E-state index in [1.54, 1.807) is 0 Å². The van der Waals surface area contributed by atoms with Crippen molar-refractivity contribution in [3.63, 3.8) is 0 Å². The lowest BCUT2D eigenvalue weighted by Gasteiger charge is -2.27. The molecule has 2 atom stereocenters. The Balaban J connectivity index is 2.16. The van der Waals surface area contributed by atoms with Crippen LogP contribution in [0.5, 0.6) is 0 Å². The van der Waals surface area contributed by atoms with Crippen molar-refractivity contribution in [1.82, 2.24) is 10.2 Å². The molecule has 1 heterocycles. The summed E-state index contributed by atoms with van der Waals surface area (Å²) >= 11 is 0. The quantitative estimate of drug-likeness (QED) is 0.563. The number of hydrogen-bond acceptors (Lipinski definition) is 5. The lowest BCUT2D eigenvalue weighted by atomic mass is 10.0. The number of carbonyl (C=O) groups excluding carboxylic acids is 1. The molecule has 0 aromatic rings. The summed E-state index contributed by atoms with van der Waals surface area (Å²) in [5.41, 5.74) is 5.77. The highest BCUT2D eigenvalue weighted by atomic mass is 16.5. The molecule has 1 fully saturated rings. The number of nitrogens with zero attached hydrogens (tertiary/aromatic N) is 1. The van der Waals surface area contributed by atoms with Crippen molar-refractivity contribution in [2.75, 3.05) is 39.4 Å². The van der Waals surface area contributed by atoms with Crippen molar-refractivity contribution in [3.8, 4) is 0 Å². The minimum Gasteiger partial charge on any atom is -0.391 e. The molecular weight excluding hydrogens is 258 g/mol. The molecule has 0 radical (unpaired) electrons. The van der Waals surface area contributed by atoms with Crippen LogP contribution in [0.25, 0.3) is 0 Å². The van der Waals surface area contributed by atoms with Gasteiger partial charge in [0.2, 0.25) is 5.91 Å². The van der Waals surface area contributed by atoms with Crippen LogP contribution in [0.1, 0.15) is 26.7 Å². The number of nitrogens with two attached hydrogens (primary N) is 1. The van der Waals surface area contributed by atoms with Gasteiger partial charge in [-0.1, -0.05) is 13.8 Å². The van der Waals surface area contributed by atoms with Gasteiger partial charge in [0.05, 0.1) is 19.3 Å². The number of aliphatic hydroxyl groups excluding tert-OH is 1. The van der Waals surface area contributed by atoms with E-state index in [1.165, 1.54) is 0 Å². The van der Waals surface area contributed by atoms with E-state index >= 15 is 0 Å². The number of aliphatic hydroxyl groups is 1. The molecule has 1 aliphatic heterocycles. The molecule has 1 rings (SSSR count). The average molecular weight is 287 g/mol. The van der Waals surface area contributed by atoms with Gasteiger partial charge < -0.3 is 20.9 Å². The van der Waals surface area contributed by atoms with Crippen LogP contribution in [0.15, 0.2) is 0 Å². The van der Waals surface area contributed by atoms with Crippen LogP contribution in [-0.4, -0.2) is 67.5 Å². The smallest absolute Gasteiger partial charge is 0.239 e. The highest BCUT2D eigenvalue weighted by Crippen LogP contribution is 2.08. The fourth-order valence-corrected chi connectivity index (χ4v) is 2.14. The molecule has 118 valence electrons. The average Bonchev–Trinajstić information content (AvgIpc) is 2.44. The van der Waals surface area contributed by atoms with Crippen LogP contribution in [0, 0.1) is 5.92 Å². The number of carbonyl (C=O) groups is 1. The molecule has 0 aliphatic carbocycles. The molecule has 0 aromatic heterocycles. The molecule has 6 heteroatoms. The highest BCUT2D eigenvalue weighted by Gasteiger charge is 2.22. The summed E-state index contributed by atoms with van der Waals surface area (Å²) in [4.78, 5) is 14.1. The summed E-state index contributed by atoms with van der Waals surface area (Å²) in [7, 11) is 0. The van der Waals surface area contributed by atoms with Crippen molar-refractivity contribution in [2.24, 2.45) is 11.7 Å². The van der Waals surface area contributed by atoms with Crippen LogP contribution in [0.4, 0.5) is 0 Å². The third-order valence-electron chi connectivity index (χ3n) is 3.59. The maximum absolute atomic E-state index is 11.8. The summed E-state index contributed by atoms with van der Waals surface area (Å²) in [6.45, 7) is 8.83. The number of morpholine rings is 1. The Hall–Kier alpha value is -0.690. The first-order valence-corrected chi connectivity index (χ1v) is 7.52. The standard InChI is InChI=1S/C14H29N3O3/c1-11(2)3-4-12(18)13(15)14(19)16-5-6-17-7-9-20-10-8-17/h11-13,18H,3-10,15H2,1-2H3,(H,16,19)/t12-,13?/m0/s1. The summed E-state index contributed by atoms with van der Waals surface area (Å²) < 4.78 is 5.26. The van der Waals surface area contributed by atoms with Crippen LogP contribution in [0.3, 0.4) is 0 Å². The lowest BCUT2D eigenvalue weighted by Crippen LogP contribution is -2.50. The second kappa shape index (κ2) is 9.28. The minimum atomic E-state index is -0.835. The zero-order valence-electron chi connectivity index (χ0n) is 12.7. The van der Waals surface area contributed by atoms with Crippen molar-refractivity contribution < 1.29 is 14.6 Å². The predicted octanol–water partition coefficient (Wildman–Crippen LogP) is -0.441. The van der Waals surface area contributed by atoms with Gasteiger partial charge in [0.15, 0.2) is 0 Å². The third kappa shape index (κ3) is 6.65. The summed E-state index contributed by atoms with van der Waals surface area (Å²) in [5.74, 6) is 0.232. The molecule has 4 N–H and O–H groups in total. The van der Waals surface area contributed by atoms with Crippen LogP contribution >= 0.6 is 0 Å². The fraction of sp³-hybridized carbons (Fsp3) is 0.929. The molecule has 0 spiro atoms. The van der Waals surface area contributed by atoms with Gasteiger partial charge in [0.1, 0.15) is 6.04 Å². The van der Waals surface area contributed by atoms with Crippen molar-refractivity contribution in [2.45, 2.75) is 38.8 Å². The van der Waals surface area contributed by atoms with Gasteiger partial charge >= 0.3 is 0 Å². The van der Waals surface area contributed by atoms with Gasteiger partial charge in [-0.15, -0.1) is 0 Å². The lowest BCUT2D eigenvalue weighted by molar-refractivity contribution is -0.124. The first-order chi connectivity index (χ1) is 9.50. The normalized spacial score (nSPS) is 19.9. The first-order valence-electron chi connectivity index (χ1n) is 7.52. The van der Waals surface area contributed by atoms with Crippen molar-refractivity contribution in [3.05, 3.63) is 0 Å². The maximum atomic E-state index is 11.8. The van der Waals surface area contributed by atoms with Crippen molar-refractivity contribution >= 4 is 5.91 Å². The monoisotopic (exact) mass is 287 g/mol. The molecular formula is C14H29N3O3. The molecule has 1 unspecified atom stereocenters. The van der Waals surface area contributed by atoms with Crippen LogP contribution in [-0.2, 0) is 9.53 Å². The highest BCUT2D eigenvalue weighted by molar-refractivity contribution is 5.82. The Morgan fingerprint density at radius 1 is 1.35 bits per heavy atom. The fourth-order valence-electron chi connectivity index (χ4n) is 2.14.